The molecule has 1 aliphatic rings. The molecule has 2 heterocycles. The van der Waals surface area contributed by atoms with E-state index in [-0.39, 0.29) is 0 Å². The lowest BCUT2D eigenvalue weighted by atomic mass is 10.0. The maximum atomic E-state index is 4.83. The molecule has 0 atom stereocenters. The summed E-state index contributed by atoms with van der Waals surface area (Å²) in [6.07, 6.45) is 8.68. The van der Waals surface area contributed by atoms with Crippen LogP contribution in [0.5, 0.6) is 0 Å². The van der Waals surface area contributed by atoms with E-state index in [1.807, 2.05) is 25.4 Å². The molecule has 5 heteroatoms. The van der Waals surface area contributed by atoms with E-state index < -0.39 is 0 Å². The molecule has 0 radical (unpaired) electrons. The van der Waals surface area contributed by atoms with E-state index >= 15 is 0 Å². The average Bonchev–Trinajstić information content (AvgIpc) is 3.02. The molecule has 20 heavy (non-hydrogen) atoms. The van der Waals surface area contributed by atoms with Crippen molar-refractivity contribution < 1.29 is 0 Å². The highest BCUT2D eigenvalue weighted by atomic mass is 127. The minimum atomic E-state index is 0.576. The van der Waals surface area contributed by atoms with Gasteiger partial charge in [-0.05, 0) is 47.6 Å². The summed E-state index contributed by atoms with van der Waals surface area (Å²) in [5.41, 5.74) is 2.17. The molecule has 0 spiro atoms. The topological polar surface area (TPSA) is 50.7 Å². The Bertz CT molecular complexity index is 594. The number of hydrogen-bond donors (Lipinski definition) is 1. The van der Waals surface area contributed by atoms with Gasteiger partial charge in [0.1, 0.15) is 5.82 Å². The fraction of sp³-hybridized carbons (Fsp3) is 0.400. The van der Waals surface area contributed by atoms with Crippen LogP contribution >= 0.6 is 22.6 Å². The third-order valence-corrected chi connectivity index (χ3v) is 4.84. The normalized spacial score (nSPS) is 15.5. The van der Waals surface area contributed by atoms with Gasteiger partial charge in [0.25, 0.3) is 0 Å². The lowest BCUT2D eigenvalue weighted by molar-refractivity contribution is 0.691. The summed E-state index contributed by atoms with van der Waals surface area (Å²) in [4.78, 5) is 13.6. The van der Waals surface area contributed by atoms with E-state index in [1.54, 1.807) is 6.20 Å². The molecule has 0 aromatic carbocycles. The molecule has 2 aromatic heterocycles. The Hall–Kier alpha value is -1.24. The number of aromatic nitrogens is 3. The molecular formula is C15H17IN4. The van der Waals surface area contributed by atoms with Gasteiger partial charge in [-0.3, -0.25) is 4.98 Å². The predicted molar refractivity (Wildman–Crippen MR) is 88.7 cm³/mol. The Kier molecular flexibility index (Phi) is 4.14. The number of nitrogens with one attached hydrogen (secondary N) is 1. The first-order valence-electron chi connectivity index (χ1n) is 6.95. The molecular weight excluding hydrogens is 363 g/mol. The van der Waals surface area contributed by atoms with Crippen LogP contribution < -0.4 is 5.32 Å². The molecule has 0 aliphatic heterocycles. The minimum Gasteiger partial charge on any atom is -0.372 e. The molecule has 0 amide bonds. The van der Waals surface area contributed by atoms with Gasteiger partial charge in [0.2, 0.25) is 0 Å². The molecule has 0 unspecified atom stereocenters. The largest absolute Gasteiger partial charge is 0.372 e. The molecule has 1 aliphatic carbocycles. The number of hydrogen-bond acceptors (Lipinski definition) is 4. The van der Waals surface area contributed by atoms with Crippen molar-refractivity contribution in [3.05, 3.63) is 33.8 Å². The zero-order valence-corrected chi connectivity index (χ0v) is 13.6. The van der Waals surface area contributed by atoms with E-state index in [4.69, 9.17) is 4.98 Å². The summed E-state index contributed by atoms with van der Waals surface area (Å²) in [6.45, 7) is 0. The van der Waals surface area contributed by atoms with Gasteiger partial charge in [0.15, 0.2) is 5.82 Å². The number of anilines is 1. The van der Waals surface area contributed by atoms with Crippen molar-refractivity contribution in [2.24, 2.45) is 0 Å². The monoisotopic (exact) mass is 380 g/mol. The maximum Gasteiger partial charge on any atom is 0.163 e. The highest BCUT2D eigenvalue weighted by molar-refractivity contribution is 14.1. The van der Waals surface area contributed by atoms with Crippen molar-refractivity contribution in [1.29, 1.82) is 0 Å². The lowest BCUT2D eigenvalue weighted by Crippen LogP contribution is -2.08. The molecule has 1 fully saturated rings. The van der Waals surface area contributed by atoms with Gasteiger partial charge in [-0.15, -0.1) is 0 Å². The second kappa shape index (κ2) is 6.03. The average molecular weight is 380 g/mol. The lowest BCUT2D eigenvalue weighted by Gasteiger charge is -2.15. The van der Waals surface area contributed by atoms with E-state index in [0.29, 0.717) is 5.92 Å². The molecule has 0 saturated heterocycles. The summed E-state index contributed by atoms with van der Waals surface area (Å²) >= 11 is 2.36. The maximum absolute atomic E-state index is 4.83. The number of pyridine rings is 1. The predicted octanol–water partition coefficient (Wildman–Crippen LogP) is 3.84. The van der Waals surface area contributed by atoms with Crippen LogP contribution in [-0.2, 0) is 0 Å². The van der Waals surface area contributed by atoms with Crippen molar-refractivity contribution in [2.45, 2.75) is 31.6 Å². The van der Waals surface area contributed by atoms with Crippen molar-refractivity contribution in [2.75, 3.05) is 12.4 Å². The van der Waals surface area contributed by atoms with Gasteiger partial charge in [-0.1, -0.05) is 12.8 Å². The Balaban J connectivity index is 2.09. The van der Waals surface area contributed by atoms with Gasteiger partial charge in [0, 0.05) is 30.9 Å². The van der Waals surface area contributed by atoms with Crippen LogP contribution in [0.4, 0.5) is 5.82 Å². The molecule has 2 aromatic rings. The van der Waals surface area contributed by atoms with Crippen molar-refractivity contribution >= 4 is 28.4 Å². The van der Waals surface area contributed by atoms with E-state index in [9.17, 15) is 0 Å². The summed E-state index contributed by atoms with van der Waals surface area (Å²) in [7, 11) is 1.91. The SMILES string of the molecule is CNc1nc(-c2cccnc2)nc(C2CCCC2)c1I. The second-order valence-electron chi connectivity index (χ2n) is 5.07. The number of nitrogens with zero attached hydrogens (tertiary/aromatic N) is 3. The first-order valence-corrected chi connectivity index (χ1v) is 8.03. The first-order chi connectivity index (χ1) is 9.79. The molecule has 1 N–H and O–H groups in total. The number of halogens is 1. The fourth-order valence-electron chi connectivity index (χ4n) is 2.72. The van der Waals surface area contributed by atoms with Gasteiger partial charge >= 0.3 is 0 Å². The minimum absolute atomic E-state index is 0.576. The van der Waals surface area contributed by atoms with Crippen LogP contribution in [0, 0.1) is 3.57 Å². The van der Waals surface area contributed by atoms with Crippen LogP contribution in [0.2, 0.25) is 0 Å². The smallest absolute Gasteiger partial charge is 0.163 e. The third kappa shape index (κ3) is 2.63. The Morgan fingerprint density at radius 3 is 2.70 bits per heavy atom. The summed E-state index contributed by atoms with van der Waals surface area (Å²) in [5.74, 6) is 2.26. The number of rotatable bonds is 3. The third-order valence-electron chi connectivity index (χ3n) is 3.78. The van der Waals surface area contributed by atoms with E-state index in [1.165, 1.54) is 31.4 Å². The Morgan fingerprint density at radius 2 is 2.05 bits per heavy atom. The van der Waals surface area contributed by atoms with Crippen LogP contribution in [0.15, 0.2) is 24.5 Å². The van der Waals surface area contributed by atoms with Gasteiger partial charge < -0.3 is 5.32 Å². The highest BCUT2D eigenvalue weighted by Gasteiger charge is 2.23. The van der Waals surface area contributed by atoms with Gasteiger partial charge in [0.05, 0.1) is 9.26 Å². The highest BCUT2D eigenvalue weighted by Crippen LogP contribution is 2.37. The summed E-state index contributed by atoms with van der Waals surface area (Å²) in [5, 5.41) is 3.19. The summed E-state index contributed by atoms with van der Waals surface area (Å²) in [6, 6.07) is 3.93. The second-order valence-corrected chi connectivity index (χ2v) is 6.15. The van der Waals surface area contributed by atoms with Crippen LogP contribution in [0.3, 0.4) is 0 Å². The van der Waals surface area contributed by atoms with Crippen LogP contribution in [-0.4, -0.2) is 22.0 Å². The molecule has 0 bridgehead atoms. The zero-order chi connectivity index (χ0) is 13.9. The zero-order valence-electron chi connectivity index (χ0n) is 11.4. The van der Waals surface area contributed by atoms with Crippen molar-refractivity contribution in [3.8, 4) is 11.4 Å². The standard InChI is InChI=1S/C15H17IN4/c1-17-15-12(16)13(10-5-2-3-6-10)19-14(20-15)11-7-4-8-18-9-11/h4,7-10H,2-3,5-6H2,1H3,(H,17,19,20). The van der Waals surface area contributed by atoms with Crippen LogP contribution in [0.1, 0.15) is 37.3 Å². The molecule has 1 saturated carbocycles. The molecule has 3 rings (SSSR count). The van der Waals surface area contributed by atoms with Crippen LogP contribution in [0.25, 0.3) is 11.4 Å². The summed E-state index contributed by atoms with van der Waals surface area (Å²) < 4.78 is 1.16. The Morgan fingerprint density at radius 1 is 1.25 bits per heavy atom. The first kappa shape index (κ1) is 13.7. The van der Waals surface area contributed by atoms with Crippen molar-refractivity contribution in [1.82, 2.24) is 15.0 Å². The van der Waals surface area contributed by atoms with Crippen molar-refractivity contribution in [3.63, 3.8) is 0 Å². The molecule has 104 valence electrons. The Labute approximate surface area is 132 Å². The molecule has 4 nitrogen and oxygen atoms in total. The fourth-order valence-corrected chi connectivity index (χ4v) is 3.68. The van der Waals surface area contributed by atoms with E-state index in [0.717, 1.165) is 20.8 Å². The van der Waals surface area contributed by atoms with Gasteiger partial charge in [-0.25, -0.2) is 9.97 Å². The van der Waals surface area contributed by atoms with E-state index in [2.05, 4.69) is 37.9 Å². The van der Waals surface area contributed by atoms with Gasteiger partial charge in [-0.2, -0.15) is 0 Å². The quantitative estimate of drug-likeness (QED) is 0.823.